The third-order valence-corrected chi connectivity index (χ3v) is 4.79. The Labute approximate surface area is 122 Å². The number of aliphatic carboxylic acids is 1. The van der Waals surface area contributed by atoms with Crippen molar-refractivity contribution in [3.63, 3.8) is 0 Å². The average molecular weight is 299 g/mol. The Morgan fingerprint density at radius 2 is 2.05 bits per heavy atom. The number of nitrogens with zero attached hydrogens (tertiary/aromatic N) is 3. The highest BCUT2D eigenvalue weighted by Gasteiger charge is 2.22. The number of aliphatic hydroxyl groups is 1. The molecule has 0 radical (unpaired) electrons. The predicted molar refractivity (Wildman–Crippen MR) is 75.4 cm³/mol. The second kappa shape index (κ2) is 7.08. The van der Waals surface area contributed by atoms with Crippen LogP contribution >= 0.6 is 11.8 Å². The first-order valence-corrected chi connectivity index (χ1v) is 7.96. The van der Waals surface area contributed by atoms with E-state index in [1.165, 1.54) is 25.7 Å². The lowest BCUT2D eigenvalue weighted by Crippen LogP contribution is -2.19. The molecule has 0 amide bonds. The highest BCUT2D eigenvalue weighted by atomic mass is 32.2. The van der Waals surface area contributed by atoms with Gasteiger partial charge in [-0.15, -0.1) is 10.2 Å². The third-order valence-electron chi connectivity index (χ3n) is 3.84. The number of hydrogen-bond donors (Lipinski definition) is 2. The number of carboxylic acid groups (broad SMARTS) is 1. The quantitative estimate of drug-likeness (QED) is 0.778. The maximum absolute atomic E-state index is 10.7. The Kier molecular flexibility index (Phi) is 5.42. The number of aromatic nitrogens is 3. The molecule has 1 aromatic rings. The van der Waals surface area contributed by atoms with E-state index in [-0.39, 0.29) is 12.4 Å². The van der Waals surface area contributed by atoms with E-state index in [9.17, 15) is 9.90 Å². The summed E-state index contributed by atoms with van der Waals surface area (Å²) in [5.74, 6) is 0.978. The Hall–Kier alpha value is -1.08. The lowest BCUT2D eigenvalue weighted by molar-refractivity contribution is -0.133. The van der Waals surface area contributed by atoms with Crippen molar-refractivity contribution < 1.29 is 15.0 Å². The summed E-state index contributed by atoms with van der Waals surface area (Å²) in [6, 6.07) is 0. The molecule has 6 nitrogen and oxygen atoms in total. The minimum absolute atomic E-state index is 0.0364. The minimum atomic E-state index is -0.874. The zero-order valence-corrected chi connectivity index (χ0v) is 12.5. The van der Waals surface area contributed by atoms with Gasteiger partial charge in [-0.05, 0) is 24.7 Å². The van der Waals surface area contributed by atoms with Crippen LogP contribution in [-0.4, -0.2) is 36.7 Å². The van der Waals surface area contributed by atoms with Crippen LogP contribution in [0.15, 0.2) is 5.16 Å². The number of thioether (sulfide) groups is 1. The molecule has 2 N–H and O–H groups in total. The second-order valence-corrected chi connectivity index (χ2v) is 6.42. The largest absolute Gasteiger partial charge is 0.481 e. The molecular formula is C13H21N3O3S. The molecule has 0 saturated heterocycles. The van der Waals surface area contributed by atoms with Crippen LogP contribution in [0.4, 0.5) is 0 Å². The molecule has 0 aromatic carbocycles. The Bertz CT molecular complexity index is 456. The summed E-state index contributed by atoms with van der Waals surface area (Å²) in [7, 11) is 0. The summed E-state index contributed by atoms with van der Waals surface area (Å²) in [4.78, 5) is 10.7. The van der Waals surface area contributed by atoms with Crippen molar-refractivity contribution >= 4 is 17.7 Å². The molecule has 20 heavy (non-hydrogen) atoms. The molecule has 0 aliphatic heterocycles. The zero-order chi connectivity index (χ0) is 14.5. The Morgan fingerprint density at radius 3 is 2.65 bits per heavy atom. The van der Waals surface area contributed by atoms with Crippen molar-refractivity contribution in [3.05, 3.63) is 5.82 Å². The fourth-order valence-electron chi connectivity index (χ4n) is 2.62. The van der Waals surface area contributed by atoms with E-state index in [0.29, 0.717) is 16.9 Å². The predicted octanol–water partition coefficient (Wildman–Crippen LogP) is 1.77. The Morgan fingerprint density at radius 1 is 1.35 bits per heavy atom. The monoisotopic (exact) mass is 299 g/mol. The van der Waals surface area contributed by atoms with Crippen LogP contribution in [0.3, 0.4) is 0 Å². The third kappa shape index (κ3) is 3.96. The van der Waals surface area contributed by atoms with Gasteiger partial charge in [0.25, 0.3) is 0 Å². The fourth-order valence-corrected chi connectivity index (χ4v) is 3.31. The van der Waals surface area contributed by atoms with Gasteiger partial charge in [0.15, 0.2) is 11.0 Å². The van der Waals surface area contributed by atoms with Gasteiger partial charge in [-0.3, -0.25) is 4.79 Å². The summed E-state index contributed by atoms with van der Waals surface area (Å²) < 4.78 is 1.88. The molecule has 1 aromatic heterocycles. The van der Waals surface area contributed by atoms with Crippen molar-refractivity contribution in [3.8, 4) is 0 Å². The van der Waals surface area contributed by atoms with E-state index in [2.05, 4.69) is 17.1 Å². The van der Waals surface area contributed by atoms with Gasteiger partial charge in [0.1, 0.15) is 6.61 Å². The molecule has 0 unspecified atom stereocenters. The highest BCUT2D eigenvalue weighted by Crippen LogP contribution is 2.30. The summed E-state index contributed by atoms with van der Waals surface area (Å²) in [6.45, 7) is 2.89. The maximum atomic E-state index is 10.7. The van der Waals surface area contributed by atoms with Gasteiger partial charge < -0.3 is 14.8 Å². The lowest BCUT2D eigenvalue weighted by Gasteiger charge is -2.27. The number of carbonyl (C=O) groups is 1. The first-order chi connectivity index (χ1) is 9.60. The van der Waals surface area contributed by atoms with Crippen molar-refractivity contribution in [2.75, 3.05) is 5.75 Å². The van der Waals surface area contributed by atoms with Crippen LogP contribution in [0, 0.1) is 11.8 Å². The van der Waals surface area contributed by atoms with Crippen LogP contribution in [-0.2, 0) is 17.9 Å². The fraction of sp³-hybridized carbons (Fsp3) is 0.769. The van der Waals surface area contributed by atoms with Crippen LogP contribution in [0.2, 0.25) is 0 Å². The molecule has 7 heteroatoms. The van der Waals surface area contributed by atoms with Gasteiger partial charge in [0, 0.05) is 6.54 Å². The first kappa shape index (κ1) is 15.3. The van der Waals surface area contributed by atoms with Gasteiger partial charge >= 0.3 is 5.97 Å². The van der Waals surface area contributed by atoms with Gasteiger partial charge in [-0.1, -0.05) is 31.5 Å². The van der Waals surface area contributed by atoms with Gasteiger partial charge in [-0.25, -0.2) is 0 Å². The van der Waals surface area contributed by atoms with E-state index in [0.717, 1.165) is 24.2 Å². The number of hydrogen-bond acceptors (Lipinski definition) is 5. The molecule has 0 bridgehead atoms. The number of aliphatic hydroxyl groups excluding tert-OH is 1. The Balaban J connectivity index is 2.04. The molecule has 1 aliphatic rings. The van der Waals surface area contributed by atoms with Crippen molar-refractivity contribution in [1.82, 2.24) is 14.8 Å². The number of rotatable bonds is 6. The summed E-state index contributed by atoms with van der Waals surface area (Å²) in [6.07, 6.45) is 4.82. The molecule has 2 rings (SSSR count). The zero-order valence-electron chi connectivity index (χ0n) is 11.7. The SMILES string of the molecule is CC1CCC(Cn2c(CO)nnc2SCC(=O)O)CC1. The molecule has 1 aliphatic carbocycles. The van der Waals surface area contributed by atoms with Crippen LogP contribution in [0.5, 0.6) is 0 Å². The minimum Gasteiger partial charge on any atom is -0.481 e. The van der Waals surface area contributed by atoms with Gasteiger partial charge in [-0.2, -0.15) is 0 Å². The lowest BCUT2D eigenvalue weighted by atomic mass is 9.83. The van der Waals surface area contributed by atoms with E-state index >= 15 is 0 Å². The van der Waals surface area contributed by atoms with Crippen molar-refractivity contribution in [2.45, 2.75) is 50.9 Å². The van der Waals surface area contributed by atoms with E-state index in [1.807, 2.05) is 4.57 Å². The molecule has 0 spiro atoms. The van der Waals surface area contributed by atoms with Crippen LogP contribution < -0.4 is 0 Å². The molecule has 1 saturated carbocycles. The standard InChI is InChI=1S/C13H21N3O3S/c1-9-2-4-10(5-3-9)6-16-11(7-17)14-15-13(16)20-8-12(18)19/h9-10,17H,2-8H2,1H3,(H,18,19). The van der Waals surface area contributed by atoms with Crippen molar-refractivity contribution in [1.29, 1.82) is 0 Å². The molecule has 1 heterocycles. The van der Waals surface area contributed by atoms with Crippen LogP contribution in [0.1, 0.15) is 38.4 Å². The summed E-state index contributed by atoms with van der Waals surface area (Å²) >= 11 is 1.16. The molecule has 112 valence electrons. The molecular weight excluding hydrogens is 278 g/mol. The van der Waals surface area contributed by atoms with E-state index in [4.69, 9.17) is 5.11 Å². The topological polar surface area (TPSA) is 88.2 Å². The normalized spacial score (nSPS) is 22.9. The maximum Gasteiger partial charge on any atom is 0.313 e. The highest BCUT2D eigenvalue weighted by molar-refractivity contribution is 7.99. The molecule has 1 fully saturated rings. The van der Waals surface area contributed by atoms with Crippen molar-refractivity contribution in [2.24, 2.45) is 11.8 Å². The summed E-state index contributed by atoms with van der Waals surface area (Å²) in [5.41, 5.74) is 0. The van der Waals surface area contributed by atoms with Gasteiger partial charge in [0.05, 0.1) is 5.75 Å². The smallest absolute Gasteiger partial charge is 0.313 e. The van der Waals surface area contributed by atoms with E-state index in [1.54, 1.807) is 0 Å². The first-order valence-electron chi connectivity index (χ1n) is 6.97. The second-order valence-electron chi connectivity index (χ2n) is 5.48. The average Bonchev–Trinajstić information content (AvgIpc) is 2.81. The van der Waals surface area contributed by atoms with Crippen LogP contribution in [0.25, 0.3) is 0 Å². The van der Waals surface area contributed by atoms with E-state index < -0.39 is 5.97 Å². The molecule has 0 atom stereocenters. The van der Waals surface area contributed by atoms with Gasteiger partial charge in [0.2, 0.25) is 0 Å². The summed E-state index contributed by atoms with van der Waals surface area (Å²) in [5, 5.41) is 26.6. The number of carboxylic acids is 1.